The van der Waals surface area contributed by atoms with Crippen molar-refractivity contribution in [2.24, 2.45) is 0 Å². The predicted octanol–water partition coefficient (Wildman–Crippen LogP) is 2.52. The van der Waals surface area contributed by atoms with Gasteiger partial charge < -0.3 is 16.8 Å². The topological polar surface area (TPSA) is 81.1 Å². The molecule has 0 aliphatic rings. The number of nitrogens with two attached hydrogens (primary N) is 2. The van der Waals surface area contributed by atoms with Gasteiger partial charge in [0.2, 0.25) is 0 Å². The maximum absolute atomic E-state index is 13.0. The Balaban J connectivity index is 2.28. The number of halogens is 3. The highest BCUT2D eigenvalue weighted by Gasteiger charge is 2.13. The first-order valence-corrected chi connectivity index (χ1v) is 5.49. The molecular formula is C13H10F3N3O. The Morgan fingerprint density at radius 3 is 1.90 bits per heavy atom. The summed E-state index contributed by atoms with van der Waals surface area (Å²) in [5, 5.41) is 2.22. The Labute approximate surface area is 112 Å². The first-order valence-electron chi connectivity index (χ1n) is 5.49. The second-order valence-corrected chi connectivity index (χ2v) is 4.10. The summed E-state index contributed by atoms with van der Waals surface area (Å²) >= 11 is 0. The molecule has 2 aromatic rings. The molecule has 2 aromatic carbocycles. The lowest BCUT2D eigenvalue weighted by molar-refractivity contribution is 0.102. The lowest BCUT2D eigenvalue weighted by atomic mass is 10.1. The van der Waals surface area contributed by atoms with Gasteiger partial charge in [-0.1, -0.05) is 0 Å². The Hall–Kier alpha value is -2.70. The van der Waals surface area contributed by atoms with Gasteiger partial charge >= 0.3 is 0 Å². The van der Waals surface area contributed by atoms with Gasteiger partial charge in [0, 0.05) is 34.8 Å². The van der Waals surface area contributed by atoms with Crippen LogP contribution < -0.4 is 16.8 Å². The molecule has 0 aliphatic carbocycles. The van der Waals surface area contributed by atoms with Gasteiger partial charge in [-0.25, -0.2) is 13.2 Å². The number of carbonyl (C=O) groups is 1. The number of hydrogen-bond acceptors (Lipinski definition) is 3. The Morgan fingerprint density at radius 2 is 1.40 bits per heavy atom. The van der Waals surface area contributed by atoms with E-state index < -0.39 is 23.4 Å². The highest BCUT2D eigenvalue weighted by Crippen LogP contribution is 2.19. The van der Waals surface area contributed by atoms with E-state index in [1.165, 1.54) is 18.2 Å². The Kier molecular flexibility index (Phi) is 3.51. The van der Waals surface area contributed by atoms with E-state index in [-0.39, 0.29) is 22.6 Å². The molecule has 7 heteroatoms. The molecule has 0 bridgehead atoms. The number of amides is 1. The van der Waals surface area contributed by atoms with Crippen LogP contribution in [0.2, 0.25) is 0 Å². The Morgan fingerprint density at radius 1 is 0.900 bits per heavy atom. The smallest absolute Gasteiger partial charge is 0.255 e. The summed E-state index contributed by atoms with van der Waals surface area (Å²) in [5.74, 6) is -5.06. The number of anilines is 3. The van der Waals surface area contributed by atoms with E-state index in [1.807, 2.05) is 0 Å². The quantitative estimate of drug-likeness (QED) is 0.584. The molecule has 2 rings (SSSR count). The van der Waals surface area contributed by atoms with E-state index in [4.69, 9.17) is 11.5 Å². The third kappa shape index (κ3) is 2.82. The van der Waals surface area contributed by atoms with Crippen molar-refractivity contribution < 1.29 is 18.0 Å². The summed E-state index contributed by atoms with van der Waals surface area (Å²) in [6.45, 7) is 0. The van der Waals surface area contributed by atoms with Crippen molar-refractivity contribution in [1.29, 1.82) is 0 Å². The molecule has 0 aromatic heterocycles. The van der Waals surface area contributed by atoms with Gasteiger partial charge in [-0.3, -0.25) is 4.79 Å². The number of carbonyl (C=O) groups excluding carboxylic acids is 1. The largest absolute Gasteiger partial charge is 0.399 e. The molecule has 0 heterocycles. The molecular weight excluding hydrogens is 271 g/mol. The first kappa shape index (κ1) is 13.7. The van der Waals surface area contributed by atoms with Gasteiger partial charge in [-0.05, 0) is 18.2 Å². The van der Waals surface area contributed by atoms with Gasteiger partial charge in [-0.15, -0.1) is 0 Å². The molecule has 0 aliphatic heterocycles. The SMILES string of the molecule is Nc1cc(N)cc(C(=O)Nc2cc(F)c(F)c(F)c2)c1. The fraction of sp³-hybridized carbons (Fsp3) is 0. The summed E-state index contributed by atoms with van der Waals surface area (Å²) in [4.78, 5) is 11.9. The molecule has 0 unspecified atom stereocenters. The normalized spacial score (nSPS) is 10.3. The summed E-state index contributed by atoms with van der Waals surface area (Å²) in [6.07, 6.45) is 0. The number of hydrogen-bond donors (Lipinski definition) is 3. The zero-order valence-electron chi connectivity index (χ0n) is 10.1. The second-order valence-electron chi connectivity index (χ2n) is 4.10. The van der Waals surface area contributed by atoms with Crippen molar-refractivity contribution in [1.82, 2.24) is 0 Å². The van der Waals surface area contributed by atoms with Crippen LogP contribution in [-0.2, 0) is 0 Å². The van der Waals surface area contributed by atoms with Crippen molar-refractivity contribution >= 4 is 23.0 Å². The molecule has 5 N–H and O–H groups in total. The highest BCUT2D eigenvalue weighted by molar-refractivity contribution is 6.05. The van der Waals surface area contributed by atoms with Crippen LogP contribution in [0.25, 0.3) is 0 Å². The van der Waals surface area contributed by atoms with Crippen molar-refractivity contribution in [2.75, 3.05) is 16.8 Å². The third-order valence-corrected chi connectivity index (χ3v) is 2.48. The molecule has 20 heavy (non-hydrogen) atoms. The number of nitrogens with one attached hydrogen (secondary N) is 1. The van der Waals surface area contributed by atoms with E-state index in [9.17, 15) is 18.0 Å². The number of rotatable bonds is 2. The minimum absolute atomic E-state index is 0.118. The van der Waals surface area contributed by atoms with Crippen LogP contribution in [-0.4, -0.2) is 5.91 Å². The zero-order valence-corrected chi connectivity index (χ0v) is 10.1. The maximum atomic E-state index is 13.0. The van der Waals surface area contributed by atoms with Crippen molar-refractivity contribution in [3.63, 3.8) is 0 Å². The van der Waals surface area contributed by atoms with Crippen molar-refractivity contribution in [3.05, 3.63) is 53.3 Å². The minimum atomic E-state index is -1.60. The van der Waals surface area contributed by atoms with Crippen LogP contribution in [0, 0.1) is 17.5 Å². The molecule has 0 atom stereocenters. The Bertz CT molecular complexity index is 645. The molecule has 4 nitrogen and oxygen atoms in total. The summed E-state index contributed by atoms with van der Waals surface area (Å²) in [5.41, 5.74) is 11.5. The summed E-state index contributed by atoms with van der Waals surface area (Å²) in [6, 6.07) is 5.50. The monoisotopic (exact) mass is 281 g/mol. The van der Waals surface area contributed by atoms with E-state index in [1.54, 1.807) is 0 Å². The van der Waals surface area contributed by atoms with Gasteiger partial charge in [0.25, 0.3) is 5.91 Å². The molecule has 0 radical (unpaired) electrons. The van der Waals surface area contributed by atoms with Gasteiger partial charge in [-0.2, -0.15) is 0 Å². The average Bonchev–Trinajstić information content (AvgIpc) is 2.34. The number of benzene rings is 2. The van der Waals surface area contributed by atoms with Crippen LogP contribution in [0.3, 0.4) is 0 Å². The minimum Gasteiger partial charge on any atom is -0.399 e. The maximum Gasteiger partial charge on any atom is 0.255 e. The fourth-order valence-electron chi connectivity index (χ4n) is 1.64. The molecule has 0 saturated heterocycles. The van der Waals surface area contributed by atoms with Crippen molar-refractivity contribution in [2.45, 2.75) is 0 Å². The predicted molar refractivity (Wildman–Crippen MR) is 69.5 cm³/mol. The molecule has 0 spiro atoms. The summed E-state index contributed by atoms with van der Waals surface area (Å²) < 4.78 is 38.8. The standard InChI is InChI=1S/C13H10F3N3O/c14-10-4-9(5-11(15)12(10)16)19-13(20)6-1-7(17)3-8(18)2-6/h1-5H,17-18H2,(H,19,20). The lowest BCUT2D eigenvalue weighted by Crippen LogP contribution is -2.13. The van der Waals surface area contributed by atoms with Crippen LogP contribution in [0.15, 0.2) is 30.3 Å². The van der Waals surface area contributed by atoms with Gasteiger partial charge in [0.1, 0.15) is 0 Å². The second kappa shape index (κ2) is 5.12. The first-order chi connectivity index (χ1) is 9.36. The van der Waals surface area contributed by atoms with Crippen LogP contribution >= 0.6 is 0 Å². The fourth-order valence-corrected chi connectivity index (χ4v) is 1.64. The van der Waals surface area contributed by atoms with Gasteiger partial charge in [0.05, 0.1) is 0 Å². The van der Waals surface area contributed by atoms with E-state index in [0.717, 1.165) is 0 Å². The van der Waals surface area contributed by atoms with Crippen LogP contribution in [0.5, 0.6) is 0 Å². The van der Waals surface area contributed by atoms with E-state index >= 15 is 0 Å². The van der Waals surface area contributed by atoms with Crippen LogP contribution in [0.1, 0.15) is 10.4 Å². The van der Waals surface area contributed by atoms with E-state index in [0.29, 0.717) is 12.1 Å². The zero-order chi connectivity index (χ0) is 14.9. The molecule has 104 valence electrons. The number of nitrogen functional groups attached to an aromatic ring is 2. The van der Waals surface area contributed by atoms with E-state index in [2.05, 4.69) is 5.32 Å². The summed E-state index contributed by atoms with van der Waals surface area (Å²) in [7, 11) is 0. The molecule has 1 amide bonds. The van der Waals surface area contributed by atoms with Gasteiger partial charge in [0.15, 0.2) is 17.5 Å². The molecule has 0 fully saturated rings. The van der Waals surface area contributed by atoms with Crippen molar-refractivity contribution in [3.8, 4) is 0 Å². The lowest BCUT2D eigenvalue weighted by Gasteiger charge is -2.08. The highest BCUT2D eigenvalue weighted by atomic mass is 19.2. The average molecular weight is 281 g/mol. The molecule has 0 saturated carbocycles. The third-order valence-electron chi connectivity index (χ3n) is 2.48. The van der Waals surface area contributed by atoms with Crippen LogP contribution in [0.4, 0.5) is 30.2 Å².